The fourth-order valence-corrected chi connectivity index (χ4v) is 2.03. The number of carbonyl (C=O) groups is 2. The summed E-state index contributed by atoms with van der Waals surface area (Å²) in [6.45, 7) is 2.64. The predicted octanol–water partition coefficient (Wildman–Crippen LogP) is 0.711. The maximum Gasteiger partial charge on any atom is 0.472 e. The van der Waals surface area contributed by atoms with Crippen molar-refractivity contribution < 1.29 is 42.1 Å². The highest BCUT2D eigenvalue weighted by atomic mass is 31.2. The van der Waals surface area contributed by atoms with E-state index in [2.05, 4.69) is 0 Å². The summed E-state index contributed by atoms with van der Waals surface area (Å²) in [5, 5.41) is 0. The summed E-state index contributed by atoms with van der Waals surface area (Å²) in [6.07, 6.45) is -0.814. The van der Waals surface area contributed by atoms with Crippen molar-refractivity contribution in [1.29, 1.82) is 0 Å². The van der Waals surface area contributed by atoms with Gasteiger partial charge in [0.2, 0.25) is 0 Å². The number of hydrogen-bond donors (Lipinski definition) is 1. The summed E-state index contributed by atoms with van der Waals surface area (Å²) >= 11 is 0. The van der Waals surface area contributed by atoms with E-state index in [4.69, 9.17) is 18.5 Å². The molecule has 0 rings (SSSR count). The molecule has 0 bridgehead atoms. The highest BCUT2D eigenvalue weighted by molar-refractivity contribution is 7.47. The SMILES string of the molecule is CCC(=O)OC[C@H](COP(=O)(O)OCC[N+](C)(C)C)OC(C)=O. The van der Waals surface area contributed by atoms with Gasteiger partial charge in [-0.15, -0.1) is 0 Å². The van der Waals surface area contributed by atoms with Gasteiger partial charge in [0.25, 0.3) is 0 Å². The lowest BCUT2D eigenvalue weighted by Crippen LogP contribution is -2.37. The lowest BCUT2D eigenvalue weighted by Gasteiger charge is -2.24. The lowest BCUT2D eigenvalue weighted by molar-refractivity contribution is -0.870. The van der Waals surface area contributed by atoms with Crippen LogP contribution in [-0.4, -0.2) is 74.9 Å². The molecule has 136 valence electrons. The van der Waals surface area contributed by atoms with Gasteiger partial charge in [0.15, 0.2) is 6.10 Å². The number of phosphoric acid groups is 1. The summed E-state index contributed by atoms with van der Waals surface area (Å²) in [7, 11) is 1.45. The Hall–Kier alpha value is -0.990. The highest BCUT2D eigenvalue weighted by Gasteiger charge is 2.26. The van der Waals surface area contributed by atoms with E-state index >= 15 is 0 Å². The van der Waals surface area contributed by atoms with Crippen molar-refractivity contribution in [1.82, 2.24) is 0 Å². The van der Waals surface area contributed by atoms with Crippen molar-refractivity contribution in [3.8, 4) is 0 Å². The molecular weight excluding hydrogens is 329 g/mol. The van der Waals surface area contributed by atoms with Gasteiger partial charge in [-0.3, -0.25) is 18.6 Å². The summed E-state index contributed by atoms with van der Waals surface area (Å²) < 4.78 is 31.6. The Morgan fingerprint density at radius 3 is 2.26 bits per heavy atom. The van der Waals surface area contributed by atoms with E-state index in [1.165, 1.54) is 6.92 Å². The average molecular weight is 356 g/mol. The van der Waals surface area contributed by atoms with Crippen LogP contribution in [0.1, 0.15) is 20.3 Å². The second-order valence-electron chi connectivity index (χ2n) is 5.88. The molecule has 10 heteroatoms. The number of phosphoric ester groups is 1. The molecule has 0 heterocycles. The molecule has 0 amide bonds. The van der Waals surface area contributed by atoms with Crippen LogP contribution in [0.25, 0.3) is 0 Å². The van der Waals surface area contributed by atoms with Gasteiger partial charge < -0.3 is 18.9 Å². The molecule has 0 aromatic rings. The van der Waals surface area contributed by atoms with Crippen molar-refractivity contribution in [3.63, 3.8) is 0 Å². The standard InChI is InChI=1S/C13H26NO8P/c1-6-13(16)19-9-12(22-11(2)15)10-21-23(17,18)20-8-7-14(3,4)5/h12H,6-10H2,1-5H3/p+1/t12-/m1/s1. The first kappa shape index (κ1) is 22.0. The van der Waals surface area contributed by atoms with E-state index in [-0.39, 0.29) is 19.6 Å². The van der Waals surface area contributed by atoms with Crippen LogP contribution in [0.5, 0.6) is 0 Å². The quantitative estimate of drug-likeness (QED) is 0.328. The Labute approximate surface area is 136 Å². The van der Waals surface area contributed by atoms with E-state index in [9.17, 15) is 19.0 Å². The summed E-state index contributed by atoms with van der Waals surface area (Å²) in [5.41, 5.74) is 0. The predicted molar refractivity (Wildman–Crippen MR) is 81.4 cm³/mol. The molecule has 23 heavy (non-hydrogen) atoms. The molecule has 0 radical (unpaired) electrons. The summed E-state index contributed by atoms with van der Waals surface area (Å²) in [6, 6.07) is 0. The Morgan fingerprint density at radius 1 is 1.17 bits per heavy atom. The van der Waals surface area contributed by atoms with Crippen LogP contribution in [0.2, 0.25) is 0 Å². The van der Waals surface area contributed by atoms with Gasteiger partial charge in [-0.2, -0.15) is 0 Å². The number of esters is 2. The first-order chi connectivity index (χ1) is 10.4. The molecule has 0 aliphatic heterocycles. The Balaban J connectivity index is 4.36. The van der Waals surface area contributed by atoms with E-state index in [1.807, 2.05) is 21.1 Å². The van der Waals surface area contributed by atoms with Crippen molar-refractivity contribution >= 4 is 19.8 Å². The fourth-order valence-electron chi connectivity index (χ4n) is 1.28. The molecule has 0 saturated carbocycles. The highest BCUT2D eigenvalue weighted by Crippen LogP contribution is 2.43. The van der Waals surface area contributed by atoms with Crippen molar-refractivity contribution in [2.45, 2.75) is 26.4 Å². The molecule has 0 aliphatic rings. The maximum atomic E-state index is 11.7. The smallest absolute Gasteiger partial charge is 0.462 e. The van der Waals surface area contributed by atoms with Crippen LogP contribution in [-0.2, 0) is 32.7 Å². The lowest BCUT2D eigenvalue weighted by atomic mass is 10.4. The molecule has 0 aliphatic carbocycles. The third kappa shape index (κ3) is 13.2. The molecular formula is C13H27NO8P+. The number of ether oxygens (including phenoxy) is 2. The first-order valence-electron chi connectivity index (χ1n) is 7.20. The zero-order valence-electron chi connectivity index (χ0n) is 14.3. The van der Waals surface area contributed by atoms with E-state index in [0.29, 0.717) is 11.0 Å². The monoisotopic (exact) mass is 356 g/mol. The van der Waals surface area contributed by atoms with Gasteiger partial charge in [0, 0.05) is 13.3 Å². The fraction of sp³-hybridized carbons (Fsp3) is 0.846. The minimum absolute atomic E-state index is 0.0281. The van der Waals surface area contributed by atoms with E-state index < -0.39 is 32.5 Å². The summed E-state index contributed by atoms with van der Waals surface area (Å²) in [4.78, 5) is 31.7. The maximum absolute atomic E-state index is 11.7. The zero-order chi connectivity index (χ0) is 18.1. The van der Waals surface area contributed by atoms with Crippen LogP contribution in [0.3, 0.4) is 0 Å². The van der Waals surface area contributed by atoms with E-state index in [0.717, 1.165) is 0 Å². The minimum Gasteiger partial charge on any atom is -0.462 e. The number of carbonyl (C=O) groups excluding carboxylic acids is 2. The normalized spacial score (nSPS) is 15.6. The number of rotatable bonds is 11. The average Bonchev–Trinajstić information content (AvgIpc) is 2.39. The zero-order valence-corrected chi connectivity index (χ0v) is 15.2. The Kier molecular flexibility index (Phi) is 9.57. The number of likely N-dealkylation sites (N-methyl/N-ethyl adjacent to an activating group) is 1. The molecule has 2 atom stereocenters. The molecule has 0 aromatic carbocycles. The minimum atomic E-state index is -4.27. The van der Waals surface area contributed by atoms with Crippen LogP contribution >= 0.6 is 7.82 Å². The van der Waals surface area contributed by atoms with Crippen molar-refractivity contribution in [2.75, 3.05) is 47.5 Å². The Bertz CT molecular complexity index is 434. The largest absolute Gasteiger partial charge is 0.472 e. The van der Waals surface area contributed by atoms with Crippen molar-refractivity contribution in [2.24, 2.45) is 0 Å². The second-order valence-corrected chi connectivity index (χ2v) is 7.33. The van der Waals surface area contributed by atoms with Crippen LogP contribution < -0.4 is 0 Å². The third-order valence-corrected chi connectivity index (χ3v) is 3.48. The molecule has 1 unspecified atom stereocenters. The van der Waals surface area contributed by atoms with Crippen LogP contribution in [0.15, 0.2) is 0 Å². The molecule has 9 nitrogen and oxygen atoms in total. The number of quaternary nitrogens is 1. The molecule has 0 spiro atoms. The first-order valence-corrected chi connectivity index (χ1v) is 8.70. The molecule has 0 fully saturated rings. The molecule has 0 aromatic heterocycles. The third-order valence-electron chi connectivity index (χ3n) is 2.49. The van der Waals surface area contributed by atoms with Gasteiger partial charge >= 0.3 is 19.8 Å². The Morgan fingerprint density at radius 2 is 1.78 bits per heavy atom. The van der Waals surface area contributed by atoms with Crippen LogP contribution in [0, 0.1) is 0 Å². The topological polar surface area (TPSA) is 108 Å². The summed E-state index contributed by atoms with van der Waals surface area (Å²) in [5.74, 6) is -1.10. The van der Waals surface area contributed by atoms with Gasteiger partial charge in [-0.25, -0.2) is 4.57 Å². The van der Waals surface area contributed by atoms with Gasteiger partial charge in [-0.1, -0.05) is 6.92 Å². The van der Waals surface area contributed by atoms with E-state index in [1.54, 1.807) is 6.92 Å². The number of hydrogen-bond acceptors (Lipinski definition) is 7. The van der Waals surface area contributed by atoms with Crippen molar-refractivity contribution in [3.05, 3.63) is 0 Å². The van der Waals surface area contributed by atoms with Gasteiger partial charge in [0.05, 0.1) is 27.7 Å². The second kappa shape index (κ2) is 10.00. The molecule has 1 N–H and O–H groups in total. The molecule has 0 saturated heterocycles. The number of nitrogens with zero attached hydrogens (tertiary/aromatic N) is 1. The van der Waals surface area contributed by atoms with Gasteiger partial charge in [-0.05, 0) is 0 Å². The van der Waals surface area contributed by atoms with Crippen LogP contribution in [0.4, 0.5) is 0 Å². The van der Waals surface area contributed by atoms with Gasteiger partial charge in [0.1, 0.15) is 19.8 Å².